The lowest BCUT2D eigenvalue weighted by atomic mass is 10.1. The highest BCUT2D eigenvalue weighted by Crippen LogP contribution is 1.99. The van der Waals surface area contributed by atoms with Gasteiger partial charge >= 0.3 is 5.97 Å². The Morgan fingerprint density at radius 2 is 2.60 bits per heavy atom. The molecule has 0 saturated heterocycles. The van der Waals surface area contributed by atoms with E-state index in [1.807, 2.05) is 0 Å². The number of ether oxygens (including phenoxy) is 1. The molecule has 0 saturated carbocycles. The fourth-order valence-electron chi connectivity index (χ4n) is 0.638. The first-order valence-corrected chi connectivity index (χ1v) is 2.88. The fourth-order valence-corrected chi connectivity index (χ4v) is 0.638. The molecule has 4 nitrogen and oxygen atoms in total. The zero-order chi connectivity index (χ0) is 7.40. The molecule has 0 aromatic heterocycles. The van der Waals surface area contributed by atoms with Gasteiger partial charge in [0.1, 0.15) is 5.92 Å². The molecule has 1 rings (SSSR count). The molecule has 1 unspecified atom stereocenters. The minimum absolute atomic E-state index is 0.290. The van der Waals surface area contributed by atoms with Gasteiger partial charge in [0.15, 0.2) is 0 Å². The van der Waals surface area contributed by atoms with Gasteiger partial charge in [-0.05, 0) is 6.08 Å². The van der Waals surface area contributed by atoms with Gasteiger partial charge in [-0.15, -0.1) is 0 Å². The summed E-state index contributed by atoms with van der Waals surface area (Å²) >= 11 is 0. The molecule has 0 bridgehead atoms. The van der Waals surface area contributed by atoms with Gasteiger partial charge in [-0.25, -0.2) is 0 Å². The molecule has 54 valence electrons. The highest BCUT2D eigenvalue weighted by molar-refractivity contribution is 5.92. The minimum Gasteiger partial charge on any atom is -0.468 e. The molecule has 0 spiro atoms. The van der Waals surface area contributed by atoms with Gasteiger partial charge in [0.2, 0.25) is 0 Å². The Bertz CT molecular complexity index is 174. The van der Waals surface area contributed by atoms with Crippen LogP contribution in [0.3, 0.4) is 0 Å². The standard InChI is InChI=1S/C6H8N2O2/c1-10-6(9)5-2-3-7-8-4-5/h2-5,7H,1H3. The van der Waals surface area contributed by atoms with E-state index in [4.69, 9.17) is 0 Å². The van der Waals surface area contributed by atoms with Gasteiger partial charge in [0, 0.05) is 12.4 Å². The molecule has 1 N–H and O–H groups in total. The summed E-state index contributed by atoms with van der Waals surface area (Å²) in [5.41, 5.74) is 2.57. The largest absolute Gasteiger partial charge is 0.468 e. The van der Waals surface area contributed by atoms with Crippen molar-refractivity contribution in [1.29, 1.82) is 0 Å². The molecule has 1 aliphatic rings. The first kappa shape index (κ1) is 6.80. The van der Waals surface area contributed by atoms with Crippen LogP contribution in [0.2, 0.25) is 0 Å². The summed E-state index contributed by atoms with van der Waals surface area (Å²) in [5.74, 6) is -0.618. The summed E-state index contributed by atoms with van der Waals surface area (Å²) in [6.45, 7) is 0. The Morgan fingerprint density at radius 3 is 3.10 bits per heavy atom. The third-order valence-corrected chi connectivity index (χ3v) is 1.16. The summed E-state index contributed by atoms with van der Waals surface area (Å²) in [5, 5.41) is 3.66. The number of methoxy groups -OCH3 is 1. The lowest BCUT2D eigenvalue weighted by Gasteiger charge is -2.06. The molecule has 1 heterocycles. The van der Waals surface area contributed by atoms with Crippen molar-refractivity contribution in [3.8, 4) is 0 Å². The average Bonchev–Trinajstić information content (AvgIpc) is 2.05. The summed E-state index contributed by atoms with van der Waals surface area (Å²) < 4.78 is 4.48. The van der Waals surface area contributed by atoms with E-state index in [0.29, 0.717) is 0 Å². The number of carbonyl (C=O) groups is 1. The van der Waals surface area contributed by atoms with Crippen LogP contribution < -0.4 is 5.43 Å². The number of hydrogen-bond acceptors (Lipinski definition) is 4. The zero-order valence-electron chi connectivity index (χ0n) is 5.57. The smallest absolute Gasteiger partial charge is 0.318 e. The average molecular weight is 140 g/mol. The van der Waals surface area contributed by atoms with Gasteiger partial charge in [0.05, 0.1) is 7.11 Å². The van der Waals surface area contributed by atoms with Crippen molar-refractivity contribution in [1.82, 2.24) is 5.43 Å². The van der Waals surface area contributed by atoms with Crippen LogP contribution >= 0.6 is 0 Å². The fraction of sp³-hybridized carbons (Fsp3) is 0.333. The number of nitrogens with one attached hydrogen (secondary N) is 1. The molecule has 0 aromatic carbocycles. The Balaban J connectivity index is 2.55. The van der Waals surface area contributed by atoms with Crippen LogP contribution in [0.25, 0.3) is 0 Å². The van der Waals surface area contributed by atoms with E-state index >= 15 is 0 Å². The molecule has 1 atom stereocenters. The predicted molar refractivity (Wildman–Crippen MR) is 36.3 cm³/mol. The van der Waals surface area contributed by atoms with Crippen LogP contribution in [0.4, 0.5) is 0 Å². The van der Waals surface area contributed by atoms with Crippen molar-refractivity contribution in [2.75, 3.05) is 7.11 Å². The lowest BCUT2D eigenvalue weighted by Crippen LogP contribution is -2.19. The molecule has 4 heteroatoms. The number of rotatable bonds is 1. The van der Waals surface area contributed by atoms with E-state index < -0.39 is 0 Å². The first-order valence-electron chi connectivity index (χ1n) is 2.88. The second-order valence-corrected chi connectivity index (χ2v) is 1.82. The third-order valence-electron chi connectivity index (χ3n) is 1.16. The van der Waals surface area contributed by atoms with Crippen molar-refractivity contribution in [3.05, 3.63) is 12.3 Å². The highest BCUT2D eigenvalue weighted by atomic mass is 16.5. The molecule has 0 aliphatic carbocycles. The number of carbonyl (C=O) groups excluding carboxylic acids is 1. The lowest BCUT2D eigenvalue weighted by molar-refractivity contribution is -0.141. The van der Waals surface area contributed by atoms with Gasteiger partial charge in [-0.3, -0.25) is 10.2 Å². The molecule has 0 amide bonds. The van der Waals surface area contributed by atoms with Crippen molar-refractivity contribution in [2.45, 2.75) is 0 Å². The monoisotopic (exact) mass is 140 g/mol. The van der Waals surface area contributed by atoms with Gasteiger partial charge in [-0.1, -0.05) is 0 Å². The first-order chi connectivity index (χ1) is 4.84. The van der Waals surface area contributed by atoms with Crippen LogP contribution in [-0.4, -0.2) is 19.3 Å². The van der Waals surface area contributed by atoms with Crippen molar-refractivity contribution in [3.63, 3.8) is 0 Å². The maximum Gasteiger partial charge on any atom is 0.318 e. The van der Waals surface area contributed by atoms with E-state index in [1.54, 1.807) is 12.3 Å². The van der Waals surface area contributed by atoms with Crippen LogP contribution in [0.5, 0.6) is 0 Å². The molecule has 0 aromatic rings. The van der Waals surface area contributed by atoms with E-state index in [9.17, 15) is 4.79 Å². The molecular weight excluding hydrogens is 132 g/mol. The maximum absolute atomic E-state index is 10.8. The van der Waals surface area contributed by atoms with Gasteiger partial charge < -0.3 is 4.74 Å². The number of hydrogen-bond donors (Lipinski definition) is 1. The van der Waals surface area contributed by atoms with Crippen molar-refractivity contribution in [2.24, 2.45) is 11.0 Å². The molecule has 0 fully saturated rings. The number of hydrazone groups is 1. The second-order valence-electron chi connectivity index (χ2n) is 1.82. The Kier molecular flexibility index (Phi) is 2.04. The highest BCUT2D eigenvalue weighted by Gasteiger charge is 2.13. The van der Waals surface area contributed by atoms with Gasteiger partial charge in [-0.2, -0.15) is 5.10 Å². The SMILES string of the molecule is COC(=O)C1C=CNN=C1. The minimum atomic E-state index is -0.328. The van der Waals surface area contributed by atoms with Crippen molar-refractivity contribution < 1.29 is 9.53 Å². The van der Waals surface area contributed by atoms with Crippen molar-refractivity contribution >= 4 is 12.2 Å². The van der Waals surface area contributed by atoms with E-state index in [2.05, 4.69) is 15.3 Å². The number of nitrogens with zero attached hydrogens (tertiary/aromatic N) is 1. The van der Waals surface area contributed by atoms with Gasteiger partial charge in [0.25, 0.3) is 0 Å². The Labute approximate surface area is 58.6 Å². The Hall–Kier alpha value is -1.32. The third kappa shape index (κ3) is 1.34. The van der Waals surface area contributed by atoms with Crippen LogP contribution in [0.1, 0.15) is 0 Å². The predicted octanol–water partition coefficient (Wildman–Crippen LogP) is -0.122. The zero-order valence-corrected chi connectivity index (χ0v) is 5.57. The topological polar surface area (TPSA) is 50.7 Å². The van der Waals surface area contributed by atoms with E-state index in [0.717, 1.165) is 0 Å². The second kappa shape index (κ2) is 3.00. The summed E-state index contributed by atoms with van der Waals surface area (Å²) in [6.07, 6.45) is 4.77. The van der Waals surface area contributed by atoms with Crippen LogP contribution in [0.15, 0.2) is 17.4 Å². The maximum atomic E-state index is 10.8. The molecule has 1 aliphatic heterocycles. The summed E-state index contributed by atoms with van der Waals surface area (Å²) in [6, 6.07) is 0. The normalized spacial score (nSPS) is 21.9. The van der Waals surface area contributed by atoms with E-state index in [-0.39, 0.29) is 11.9 Å². The van der Waals surface area contributed by atoms with E-state index in [1.165, 1.54) is 13.3 Å². The molecule has 0 radical (unpaired) electrons. The quantitative estimate of drug-likeness (QED) is 0.516. The molecule has 10 heavy (non-hydrogen) atoms. The Morgan fingerprint density at radius 1 is 1.80 bits per heavy atom. The molecular formula is C6H8N2O2. The summed E-state index contributed by atoms with van der Waals surface area (Å²) in [7, 11) is 1.35. The van der Waals surface area contributed by atoms with Crippen LogP contribution in [-0.2, 0) is 9.53 Å². The van der Waals surface area contributed by atoms with Crippen LogP contribution in [0, 0.1) is 5.92 Å². The number of esters is 1. The summed E-state index contributed by atoms with van der Waals surface area (Å²) in [4.78, 5) is 10.8.